The Morgan fingerprint density at radius 1 is 1.32 bits per heavy atom. The van der Waals surface area contributed by atoms with E-state index in [4.69, 9.17) is 10.00 Å². The first-order valence-corrected chi connectivity index (χ1v) is 6.61. The van der Waals surface area contributed by atoms with Crippen molar-refractivity contribution in [3.63, 3.8) is 0 Å². The van der Waals surface area contributed by atoms with E-state index in [0.29, 0.717) is 30.6 Å². The summed E-state index contributed by atoms with van der Waals surface area (Å²) in [5.74, 6) is 0.785. The van der Waals surface area contributed by atoms with Crippen LogP contribution in [0.4, 0.5) is 4.39 Å². The highest BCUT2D eigenvalue weighted by Gasteiger charge is 2.18. The van der Waals surface area contributed by atoms with Gasteiger partial charge in [-0.25, -0.2) is 4.39 Å². The molecule has 3 heteroatoms. The molecule has 0 saturated heterocycles. The number of benzene rings is 1. The van der Waals surface area contributed by atoms with Crippen molar-refractivity contribution in [1.29, 1.82) is 5.26 Å². The highest BCUT2D eigenvalue weighted by molar-refractivity contribution is 5.33. The number of allylic oxidation sites excluding steroid dienone is 2. The number of hydrogen-bond acceptors (Lipinski definition) is 2. The predicted molar refractivity (Wildman–Crippen MR) is 71.8 cm³/mol. The summed E-state index contributed by atoms with van der Waals surface area (Å²) in [7, 11) is 0. The van der Waals surface area contributed by atoms with Gasteiger partial charge in [-0.3, -0.25) is 0 Å². The molecule has 1 aromatic carbocycles. The Kier molecular flexibility index (Phi) is 4.70. The van der Waals surface area contributed by atoms with E-state index in [-0.39, 0.29) is 5.82 Å². The largest absolute Gasteiger partial charge is 0.376 e. The Morgan fingerprint density at radius 2 is 2.11 bits per heavy atom. The maximum Gasteiger partial charge on any atom is 0.124 e. The fraction of sp³-hybridized carbons (Fsp3) is 0.438. The van der Waals surface area contributed by atoms with Crippen LogP contribution in [0, 0.1) is 29.0 Å². The van der Waals surface area contributed by atoms with Gasteiger partial charge in [0.25, 0.3) is 0 Å². The molecule has 0 aromatic heterocycles. The fourth-order valence-electron chi connectivity index (χ4n) is 2.37. The topological polar surface area (TPSA) is 33.0 Å². The minimum absolute atomic E-state index is 0.340. The molecule has 100 valence electrons. The van der Waals surface area contributed by atoms with Gasteiger partial charge in [-0.05, 0) is 48.4 Å². The molecule has 0 fully saturated rings. The van der Waals surface area contributed by atoms with Crippen molar-refractivity contribution in [2.24, 2.45) is 11.8 Å². The van der Waals surface area contributed by atoms with Crippen LogP contribution >= 0.6 is 0 Å². The quantitative estimate of drug-likeness (QED) is 0.770. The van der Waals surface area contributed by atoms with Crippen LogP contribution in [0.2, 0.25) is 0 Å². The lowest BCUT2D eigenvalue weighted by atomic mass is 9.85. The van der Waals surface area contributed by atoms with Crippen molar-refractivity contribution in [3.05, 3.63) is 47.3 Å². The van der Waals surface area contributed by atoms with E-state index in [0.717, 1.165) is 18.4 Å². The van der Waals surface area contributed by atoms with Gasteiger partial charge in [0, 0.05) is 0 Å². The van der Waals surface area contributed by atoms with Gasteiger partial charge in [0.1, 0.15) is 5.82 Å². The van der Waals surface area contributed by atoms with Crippen LogP contribution in [0.3, 0.4) is 0 Å². The predicted octanol–water partition coefficient (Wildman–Crippen LogP) is 3.82. The normalized spacial score (nSPS) is 22.2. The fourth-order valence-corrected chi connectivity index (χ4v) is 2.37. The molecule has 0 aliphatic heterocycles. The second-order valence-corrected chi connectivity index (χ2v) is 5.16. The van der Waals surface area contributed by atoms with E-state index in [9.17, 15) is 4.39 Å². The molecule has 1 aliphatic rings. The molecule has 2 rings (SSSR count). The molecule has 0 bridgehead atoms. The van der Waals surface area contributed by atoms with Gasteiger partial charge in [-0.1, -0.05) is 19.1 Å². The van der Waals surface area contributed by atoms with Crippen molar-refractivity contribution in [3.8, 4) is 6.07 Å². The zero-order chi connectivity index (χ0) is 13.7. The smallest absolute Gasteiger partial charge is 0.124 e. The summed E-state index contributed by atoms with van der Waals surface area (Å²) < 4.78 is 18.9. The zero-order valence-electron chi connectivity index (χ0n) is 11.1. The Hall–Kier alpha value is -1.66. The monoisotopic (exact) mass is 259 g/mol. The highest BCUT2D eigenvalue weighted by atomic mass is 19.1. The van der Waals surface area contributed by atoms with Crippen molar-refractivity contribution in [2.75, 3.05) is 6.61 Å². The molecule has 0 saturated carbocycles. The van der Waals surface area contributed by atoms with Gasteiger partial charge in [0.05, 0.1) is 24.8 Å². The molecular weight excluding hydrogens is 241 g/mol. The average Bonchev–Trinajstić information content (AvgIpc) is 2.40. The van der Waals surface area contributed by atoms with Crippen LogP contribution < -0.4 is 0 Å². The summed E-state index contributed by atoms with van der Waals surface area (Å²) in [6.45, 7) is 3.27. The Balaban J connectivity index is 1.87. The molecule has 0 spiro atoms. The number of nitriles is 1. The third-order valence-electron chi connectivity index (χ3n) is 3.61. The SMILES string of the molecule is CC1CC=CCC1COCc1cc(F)cc(C#N)c1. The summed E-state index contributed by atoms with van der Waals surface area (Å²) in [4.78, 5) is 0. The van der Waals surface area contributed by atoms with Gasteiger partial charge in [0.2, 0.25) is 0 Å². The molecule has 1 aromatic rings. The molecule has 19 heavy (non-hydrogen) atoms. The van der Waals surface area contributed by atoms with Crippen LogP contribution in [0.15, 0.2) is 30.4 Å². The van der Waals surface area contributed by atoms with E-state index >= 15 is 0 Å². The number of nitrogens with zero attached hydrogens (tertiary/aromatic N) is 1. The minimum atomic E-state index is -0.383. The number of halogens is 1. The van der Waals surface area contributed by atoms with Crippen molar-refractivity contribution in [2.45, 2.75) is 26.4 Å². The number of hydrogen-bond donors (Lipinski definition) is 0. The lowest BCUT2D eigenvalue weighted by Crippen LogP contribution is -2.19. The standard InChI is InChI=1S/C16H18FNO/c1-12-4-2-3-5-15(12)11-19-10-14-6-13(9-18)7-16(17)8-14/h2-3,6-8,12,15H,4-5,10-11H2,1H3. The van der Waals surface area contributed by atoms with Crippen molar-refractivity contribution < 1.29 is 9.13 Å². The molecule has 0 amide bonds. The highest BCUT2D eigenvalue weighted by Crippen LogP contribution is 2.25. The van der Waals surface area contributed by atoms with Crippen LogP contribution in [0.1, 0.15) is 30.9 Å². The number of rotatable bonds is 4. The van der Waals surface area contributed by atoms with Gasteiger partial charge in [0.15, 0.2) is 0 Å². The Bertz CT molecular complexity index is 504. The summed E-state index contributed by atoms with van der Waals surface area (Å²) >= 11 is 0. The van der Waals surface area contributed by atoms with Gasteiger partial charge in [-0.2, -0.15) is 5.26 Å². The molecule has 2 nitrogen and oxygen atoms in total. The van der Waals surface area contributed by atoms with Gasteiger partial charge < -0.3 is 4.74 Å². The second-order valence-electron chi connectivity index (χ2n) is 5.16. The zero-order valence-corrected chi connectivity index (χ0v) is 11.1. The van der Waals surface area contributed by atoms with E-state index in [1.165, 1.54) is 12.1 Å². The lowest BCUT2D eigenvalue weighted by molar-refractivity contribution is 0.0679. The number of ether oxygens (including phenoxy) is 1. The van der Waals surface area contributed by atoms with Gasteiger partial charge >= 0.3 is 0 Å². The molecule has 2 unspecified atom stereocenters. The summed E-state index contributed by atoms with van der Waals surface area (Å²) in [6.07, 6.45) is 6.57. The summed E-state index contributed by atoms with van der Waals surface area (Å²) in [5, 5.41) is 8.79. The summed E-state index contributed by atoms with van der Waals surface area (Å²) in [6, 6.07) is 6.28. The maximum atomic E-state index is 13.2. The van der Waals surface area contributed by atoms with E-state index in [2.05, 4.69) is 19.1 Å². The van der Waals surface area contributed by atoms with Crippen LogP contribution in [-0.4, -0.2) is 6.61 Å². The van der Waals surface area contributed by atoms with E-state index < -0.39 is 0 Å². The molecule has 1 aliphatic carbocycles. The minimum Gasteiger partial charge on any atom is -0.376 e. The summed E-state index contributed by atoms with van der Waals surface area (Å²) in [5.41, 5.74) is 1.06. The van der Waals surface area contributed by atoms with Crippen molar-refractivity contribution in [1.82, 2.24) is 0 Å². The molecule has 0 heterocycles. The third-order valence-corrected chi connectivity index (χ3v) is 3.61. The molecule has 0 N–H and O–H groups in total. The van der Waals surface area contributed by atoms with Crippen LogP contribution in [0.25, 0.3) is 0 Å². The first-order chi connectivity index (χ1) is 9.19. The molecule has 2 atom stereocenters. The van der Waals surface area contributed by atoms with Crippen molar-refractivity contribution >= 4 is 0 Å². The van der Waals surface area contributed by atoms with Crippen LogP contribution in [-0.2, 0) is 11.3 Å². The Morgan fingerprint density at radius 3 is 2.84 bits per heavy atom. The molecular formula is C16H18FNO. The van der Waals surface area contributed by atoms with E-state index in [1.807, 2.05) is 6.07 Å². The average molecular weight is 259 g/mol. The lowest BCUT2D eigenvalue weighted by Gasteiger charge is -2.24. The first-order valence-electron chi connectivity index (χ1n) is 6.61. The third kappa shape index (κ3) is 3.90. The van der Waals surface area contributed by atoms with Crippen LogP contribution in [0.5, 0.6) is 0 Å². The molecule has 0 radical (unpaired) electrons. The van der Waals surface area contributed by atoms with E-state index in [1.54, 1.807) is 6.07 Å². The Labute approximate surface area is 113 Å². The van der Waals surface area contributed by atoms with Gasteiger partial charge in [-0.15, -0.1) is 0 Å². The second kappa shape index (κ2) is 6.49. The first kappa shape index (κ1) is 13.8. The maximum absolute atomic E-state index is 13.2.